The maximum absolute atomic E-state index is 11.0. The molecule has 21 heavy (non-hydrogen) atoms. The smallest absolute Gasteiger partial charge is 0.127 e. The van der Waals surface area contributed by atoms with Crippen LogP contribution in [0.5, 0.6) is 0 Å². The summed E-state index contributed by atoms with van der Waals surface area (Å²) in [4.78, 5) is 0. The second-order valence-corrected chi connectivity index (χ2v) is 12.7. The topological polar surface area (TPSA) is 29.5 Å². The van der Waals surface area contributed by atoms with Crippen LogP contribution in [0.3, 0.4) is 0 Å². The summed E-state index contributed by atoms with van der Waals surface area (Å²) in [6.45, 7) is 13.4. The lowest BCUT2D eigenvalue weighted by molar-refractivity contribution is 0.129. The predicted molar refractivity (Wildman–Crippen MR) is 92.9 cm³/mol. The molecule has 0 saturated carbocycles. The van der Waals surface area contributed by atoms with E-state index in [2.05, 4.69) is 39.5 Å². The molecule has 2 nitrogen and oxygen atoms in total. The molecule has 0 saturated heterocycles. The Morgan fingerprint density at radius 2 is 1.71 bits per heavy atom. The molecule has 118 valence electrons. The number of hydrogen-bond acceptors (Lipinski definition) is 2. The molecule has 0 radical (unpaired) electrons. The number of allylic oxidation sites excluding steroid dienone is 1. The van der Waals surface area contributed by atoms with Gasteiger partial charge in [-0.25, -0.2) is 0 Å². The molecular weight excluding hydrogens is 276 g/mol. The Hall–Kier alpha value is -0.903. The third kappa shape index (κ3) is 4.28. The first kappa shape index (κ1) is 18.1. The van der Waals surface area contributed by atoms with E-state index in [9.17, 15) is 5.11 Å². The van der Waals surface area contributed by atoms with Gasteiger partial charge >= 0.3 is 0 Å². The zero-order valence-electron chi connectivity index (χ0n) is 14.3. The number of aliphatic hydroxyl groups is 1. The molecule has 0 aliphatic rings. The maximum atomic E-state index is 11.0. The van der Waals surface area contributed by atoms with Crippen LogP contribution in [0.2, 0.25) is 11.6 Å². The van der Waals surface area contributed by atoms with Crippen molar-refractivity contribution in [1.82, 2.24) is 0 Å². The van der Waals surface area contributed by atoms with E-state index in [1.54, 1.807) is 0 Å². The van der Waals surface area contributed by atoms with Gasteiger partial charge in [0.2, 0.25) is 0 Å². The van der Waals surface area contributed by atoms with Crippen molar-refractivity contribution in [3.63, 3.8) is 0 Å². The average Bonchev–Trinajstić information content (AvgIpc) is 2.38. The van der Waals surface area contributed by atoms with E-state index in [4.69, 9.17) is 4.74 Å². The Labute approximate surface area is 130 Å². The van der Waals surface area contributed by atoms with Gasteiger partial charge in [0.05, 0.1) is 11.8 Å². The van der Waals surface area contributed by atoms with Crippen molar-refractivity contribution >= 4 is 8.07 Å². The van der Waals surface area contributed by atoms with E-state index in [0.29, 0.717) is 12.8 Å². The molecule has 0 bridgehead atoms. The van der Waals surface area contributed by atoms with Crippen molar-refractivity contribution in [3.8, 4) is 0 Å². The molecule has 2 atom stereocenters. The monoisotopic (exact) mass is 306 g/mol. The van der Waals surface area contributed by atoms with Gasteiger partial charge in [0, 0.05) is 6.23 Å². The second kappa shape index (κ2) is 6.90. The molecule has 0 spiro atoms. The van der Waals surface area contributed by atoms with Gasteiger partial charge in [-0.3, -0.25) is 0 Å². The molecule has 0 aliphatic carbocycles. The molecule has 1 aromatic carbocycles. The molecule has 0 fully saturated rings. The van der Waals surface area contributed by atoms with Crippen molar-refractivity contribution < 1.29 is 9.84 Å². The largest absolute Gasteiger partial charge is 0.390 e. The van der Waals surface area contributed by atoms with Crippen LogP contribution in [0, 0.1) is 0 Å². The molecule has 0 aliphatic heterocycles. The zero-order chi connectivity index (χ0) is 16.1. The number of benzene rings is 1. The summed E-state index contributed by atoms with van der Waals surface area (Å²) in [6.07, 6.45) is 4.51. The summed E-state index contributed by atoms with van der Waals surface area (Å²) in [6, 6.07) is 10.2. The van der Waals surface area contributed by atoms with Gasteiger partial charge in [0.25, 0.3) is 0 Å². The zero-order valence-corrected chi connectivity index (χ0v) is 15.3. The molecule has 0 heterocycles. The lowest BCUT2D eigenvalue weighted by Gasteiger charge is -2.48. The molecule has 0 unspecified atom stereocenters. The van der Waals surface area contributed by atoms with Gasteiger partial charge in [-0.2, -0.15) is 0 Å². The first-order valence-corrected chi connectivity index (χ1v) is 10.3. The third-order valence-corrected chi connectivity index (χ3v) is 11.3. The van der Waals surface area contributed by atoms with E-state index in [0.717, 1.165) is 0 Å². The molecular formula is C18H30O2Si. The fourth-order valence-electron chi connectivity index (χ4n) is 2.58. The molecule has 1 N–H and O–H groups in total. The quantitative estimate of drug-likeness (QED) is 0.620. The summed E-state index contributed by atoms with van der Waals surface area (Å²) in [7, 11) is -2.11. The minimum Gasteiger partial charge on any atom is -0.390 e. The van der Waals surface area contributed by atoms with Crippen LogP contribution in [0.1, 0.15) is 40.2 Å². The van der Waals surface area contributed by atoms with Crippen molar-refractivity contribution in [3.05, 3.63) is 48.0 Å². The van der Waals surface area contributed by atoms with E-state index >= 15 is 0 Å². The summed E-state index contributed by atoms with van der Waals surface area (Å²) in [5.74, 6) is 0. The summed E-state index contributed by atoms with van der Waals surface area (Å²) in [5.41, 5.74) is 1.17. The number of ether oxygens (including phenoxy) is 1. The minimum atomic E-state index is -2.11. The average molecular weight is 307 g/mol. The SMILES string of the molecule is CC=C[C@](C)(O)[Si@@](C)(COCc1ccccc1)C(C)(C)C. The van der Waals surface area contributed by atoms with E-state index in [-0.39, 0.29) is 5.04 Å². The Balaban J connectivity index is 2.85. The van der Waals surface area contributed by atoms with Crippen LogP contribution in [0.15, 0.2) is 42.5 Å². The van der Waals surface area contributed by atoms with Crippen LogP contribution < -0.4 is 0 Å². The Bertz CT molecular complexity index is 460. The van der Waals surface area contributed by atoms with E-state index in [1.165, 1.54) is 5.56 Å². The highest BCUT2D eigenvalue weighted by atomic mass is 28.3. The standard InChI is InChI=1S/C18H30O2Si/c1-7-13-18(5,19)21(6,17(2,3)4)15-20-14-16-11-9-8-10-12-16/h7-13,19H,14-15H2,1-6H3/t18-,21+/m1/s1. The maximum Gasteiger partial charge on any atom is 0.127 e. The Kier molecular flexibility index (Phi) is 5.97. The normalized spacial score (nSPS) is 18.4. The highest BCUT2D eigenvalue weighted by Crippen LogP contribution is 2.43. The summed E-state index contributed by atoms with van der Waals surface area (Å²) >= 11 is 0. The van der Waals surface area contributed by atoms with Crippen molar-refractivity contribution in [2.24, 2.45) is 0 Å². The molecule has 3 heteroatoms. The molecule has 0 aromatic heterocycles. The molecule has 0 amide bonds. The molecule has 1 aromatic rings. The summed E-state index contributed by atoms with van der Waals surface area (Å²) in [5, 5.41) is 10.2. The number of rotatable bonds is 6. The van der Waals surface area contributed by atoms with Crippen LogP contribution in [0.4, 0.5) is 0 Å². The van der Waals surface area contributed by atoms with Gasteiger partial charge in [-0.1, -0.05) is 69.8 Å². The highest BCUT2D eigenvalue weighted by Gasteiger charge is 2.52. The first-order valence-electron chi connectivity index (χ1n) is 7.62. The first-order chi connectivity index (χ1) is 9.64. The van der Waals surface area contributed by atoms with Crippen molar-refractivity contribution in [1.29, 1.82) is 0 Å². The minimum absolute atomic E-state index is 0.0483. The van der Waals surface area contributed by atoms with Gasteiger partial charge in [-0.05, 0) is 24.4 Å². The lowest BCUT2D eigenvalue weighted by atomic mass is 10.2. The van der Waals surface area contributed by atoms with Gasteiger partial charge < -0.3 is 9.84 Å². The third-order valence-electron chi connectivity index (χ3n) is 4.77. The van der Waals surface area contributed by atoms with E-state index in [1.807, 2.05) is 44.2 Å². The van der Waals surface area contributed by atoms with Gasteiger partial charge in [0.15, 0.2) is 0 Å². The fraction of sp³-hybridized carbons (Fsp3) is 0.556. The van der Waals surface area contributed by atoms with Crippen LogP contribution in [-0.4, -0.2) is 24.6 Å². The second-order valence-electron chi connectivity index (χ2n) is 7.21. The molecule has 1 rings (SSSR count). The van der Waals surface area contributed by atoms with Crippen molar-refractivity contribution in [2.75, 3.05) is 6.23 Å². The highest BCUT2D eigenvalue weighted by molar-refractivity contribution is 6.84. The van der Waals surface area contributed by atoms with Crippen molar-refractivity contribution in [2.45, 2.75) is 58.0 Å². The van der Waals surface area contributed by atoms with Crippen LogP contribution in [-0.2, 0) is 11.3 Å². The van der Waals surface area contributed by atoms with Crippen LogP contribution in [0.25, 0.3) is 0 Å². The van der Waals surface area contributed by atoms with Crippen LogP contribution >= 0.6 is 0 Å². The lowest BCUT2D eigenvalue weighted by Crippen LogP contribution is -2.62. The summed E-state index contributed by atoms with van der Waals surface area (Å²) < 4.78 is 6.01. The number of hydrogen-bond donors (Lipinski definition) is 1. The van der Waals surface area contributed by atoms with E-state index < -0.39 is 13.3 Å². The Morgan fingerprint density at radius 1 is 1.14 bits per heavy atom. The Morgan fingerprint density at radius 3 is 2.19 bits per heavy atom. The van der Waals surface area contributed by atoms with Gasteiger partial charge in [-0.15, -0.1) is 0 Å². The fourth-order valence-corrected chi connectivity index (χ4v) is 5.87. The predicted octanol–water partition coefficient (Wildman–Crippen LogP) is 4.49. The van der Waals surface area contributed by atoms with Gasteiger partial charge in [0.1, 0.15) is 8.07 Å².